The maximum Gasteiger partial charge on any atom is 0.0641 e. The zero-order valence-electron chi connectivity index (χ0n) is 10.2. The lowest BCUT2D eigenvalue weighted by atomic mass is 9.44. The number of nitrogens with zero attached hydrogens (tertiary/aromatic N) is 1. The number of hydrogen-bond donors (Lipinski definition) is 1. The summed E-state index contributed by atoms with van der Waals surface area (Å²) in [6.07, 6.45) is 8.76. The molecular weight excluding hydrogens is 196 g/mol. The quantitative estimate of drug-likeness (QED) is 0.774. The van der Waals surface area contributed by atoms with Crippen molar-refractivity contribution < 1.29 is 0 Å². The lowest BCUT2D eigenvalue weighted by molar-refractivity contribution is -0.0919. The van der Waals surface area contributed by atoms with Crippen LogP contribution in [-0.4, -0.2) is 5.54 Å². The summed E-state index contributed by atoms with van der Waals surface area (Å²) in [4.78, 5) is 0. The molecule has 4 aliphatic rings. The first-order valence-electron chi connectivity index (χ1n) is 6.70. The summed E-state index contributed by atoms with van der Waals surface area (Å²) in [5.41, 5.74) is 6.55. The lowest BCUT2D eigenvalue weighted by Gasteiger charge is -2.61. The van der Waals surface area contributed by atoms with Gasteiger partial charge in [0.2, 0.25) is 0 Å². The highest BCUT2D eigenvalue weighted by atomic mass is 14.8. The minimum absolute atomic E-state index is 0.252. The Morgan fingerprint density at radius 3 is 2.00 bits per heavy atom. The highest BCUT2D eigenvalue weighted by molar-refractivity contribution is 5.12. The maximum absolute atomic E-state index is 8.97. The van der Waals surface area contributed by atoms with E-state index in [0.717, 1.165) is 17.8 Å². The predicted octanol–water partition coefficient (Wildman–Crippen LogP) is 2.83. The molecule has 4 aliphatic carbocycles. The van der Waals surface area contributed by atoms with Gasteiger partial charge in [0.15, 0.2) is 0 Å². The van der Waals surface area contributed by atoms with Crippen LogP contribution in [0.1, 0.15) is 51.9 Å². The Balaban J connectivity index is 1.91. The molecule has 0 saturated heterocycles. The van der Waals surface area contributed by atoms with E-state index >= 15 is 0 Å². The van der Waals surface area contributed by atoms with Gasteiger partial charge in [-0.2, -0.15) is 5.26 Å². The second-order valence-corrected chi connectivity index (χ2v) is 6.95. The SMILES string of the molecule is CC(N)(CC#N)C12CC3CC(CC(C3)C1)C2. The van der Waals surface area contributed by atoms with Crippen LogP contribution in [-0.2, 0) is 0 Å². The highest BCUT2D eigenvalue weighted by Gasteiger charge is 2.57. The molecule has 4 bridgehead atoms. The number of nitriles is 1. The molecular formula is C14H22N2. The minimum atomic E-state index is -0.252. The minimum Gasteiger partial charge on any atom is -0.324 e. The smallest absolute Gasteiger partial charge is 0.0641 e. The van der Waals surface area contributed by atoms with E-state index in [1.54, 1.807) is 0 Å². The van der Waals surface area contributed by atoms with Crippen LogP contribution >= 0.6 is 0 Å². The van der Waals surface area contributed by atoms with E-state index in [4.69, 9.17) is 11.0 Å². The predicted molar refractivity (Wildman–Crippen MR) is 63.4 cm³/mol. The standard InChI is InChI=1S/C14H22N2/c1-13(16,2-3-15)14-7-10-4-11(8-14)6-12(5-10)9-14/h10-12H,2,4-9,16H2,1H3. The molecule has 16 heavy (non-hydrogen) atoms. The third-order valence-electron chi connectivity index (χ3n) is 5.70. The summed E-state index contributed by atoms with van der Waals surface area (Å²) in [6, 6.07) is 2.31. The van der Waals surface area contributed by atoms with Crippen molar-refractivity contribution in [2.45, 2.75) is 57.4 Å². The fourth-order valence-electron chi connectivity index (χ4n) is 5.16. The second kappa shape index (κ2) is 3.23. The molecule has 1 unspecified atom stereocenters. The summed E-state index contributed by atoms with van der Waals surface area (Å²) in [5, 5.41) is 8.97. The molecule has 0 amide bonds. The van der Waals surface area contributed by atoms with E-state index in [1.807, 2.05) is 0 Å². The summed E-state index contributed by atoms with van der Waals surface area (Å²) in [7, 11) is 0. The van der Waals surface area contributed by atoms with Crippen LogP contribution in [0.5, 0.6) is 0 Å². The van der Waals surface area contributed by atoms with Crippen molar-refractivity contribution in [1.29, 1.82) is 5.26 Å². The molecule has 0 aromatic carbocycles. The first-order chi connectivity index (χ1) is 7.55. The Kier molecular flexibility index (Phi) is 2.14. The highest BCUT2D eigenvalue weighted by Crippen LogP contribution is 2.63. The number of nitrogens with two attached hydrogens (primary N) is 1. The Hall–Kier alpha value is -0.550. The molecule has 2 nitrogen and oxygen atoms in total. The third-order valence-corrected chi connectivity index (χ3v) is 5.70. The van der Waals surface area contributed by atoms with Crippen molar-refractivity contribution >= 4 is 0 Å². The van der Waals surface area contributed by atoms with Crippen molar-refractivity contribution in [3.05, 3.63) is 0 Å². The monoisotopic (exact) mass is 218 g/mol. The van der Waals surface area contributed by atoms with E-state index in [9.17, 15) is 0 Å². The number of rotatable bonds is 2. The summed E-state index contributed by atoms with van der Waals surface area (Å²) in [6.45, 7) is 2.13. The molecule has 4 fully saturated rings. The third kappa shape index (κ3) is 1.34. The van der Waals surface area contributed by atoms with Gasteiger partial charge in [0.25, 0.3) is 0 Å². The van der Waals surface area contributed by atoms with Crippen LogP contribution in [0.25, 0.3) is 0 Å². The summed E-state index contributed by atoms with van der Waals surface area (Å²) < 4.78 is 0. The zero-order valence-corrected chi connectivity index (χ0v) is 10.2. The van der Waals surface area contributed by atoms with Gasteiger partial charge in [-0.1, -0.05) is 0 Å². The zero-order chi connectivity index (χ0) is 11.4. The molecule has 0 spiro atoms. The van der Waals surface area contributed by atoms with Crippen molar-refractivity contribution in [3.63, 3.8) is 0 Å². The van der Waals surface area contributed by atoms with Gasteiger partial charge in [-0.3, -0.25) is 0 Å². The average molecular weight is 218 g/mol. The molecule has 4 rings (SSSR count). The Labute approximate surface area is 98.2 Å². The van der Waals surface area contributed by atoms with Gasteiger partial charge in [0.1, 0.15) is 0 Å². The van der Waals surface area contributed by atoms with Crippen molar-refractivity contribution in [2.75, 3.05) is 0 Å². The number of hydrogen-bond acceptors (Lipinski definition) is 2. The van der Waals surface area contributed by atoms with Crippen LogP contribution in [0.4, 0.5) is 0 Å². The molecule has 4 saturated carbocycles. The van der Waals surface area contributed by atoms with Gasteiger partial charge < -0.3 is 5.73 Å². The van der Waals surface area contributed by atoms with Crippen molar-refractivity contribution in [1.82, 2.24) is 0 Å². The molecule has 0 aromatic heterocycles. The first kappa shape index (κ1) is 10.6. The van der Waals surface area contributed by atoms with E-state index in [-0.39, 0.29) is 5.54 Å². The van der Waals surface area contributed by atoms with Gasteiger partial charge in [0, 0.05) is 5.54 Å². The molecule has 2 N–H and O–H groups in total. The summed E-state index contributed by atoms with van der Waals surface area (Å²) >= 11 is 0. The van der Waals surface area contributed by atoms with Gasteiger partial charge in [0.05, 0.1) is 12.5 Å². The largest absolute Gasteiger partial charge is 0.324 e. The molecule has 1 atom stereocenters. The topological polar surface area (TPSA) is 49.8 Å². The molecule has 0 aliphatic heterocycles. The fourth-order valence-corrected chi connectivity index (χ4v) is 5.16. The maximum atomic E-state index is 8.97. The Morgan fingerprint density at radius 1 is 1.19 bits per heavy atom. The van der Waals surface area contributed by atoms with Gasteiger partial charge in [-0.15, -0.1) is 0 Å². The second-order valence-electron chi connectivity index (χ2n) is 6.95. The van der Waals surface area contributed by atoms with Crippen molar-refractivity contribution in [2.24, 2.45) is 28.9 Å². The van der Waals surface area contributed by atoms with Gasteiger partial charge in [-0.05, 0) is 68.6 Å². The van der Waals surface area contributed by atoms with E-state index in [2.05, 4.69) is 13.0 Å². The first-order valence-corrected chi connectivity index (χ1v) is 6.70. The Bertz CT molecular complexity index is 302. The van der Waals surface area contributed by atoms with Crippen molar-refractivity contribution in [3.8, 4) is 6.07 Å². The van der Waals surface area contributed by atoms with Crippen LogP contribution < -0.4 is 5.73 Å². The van der Waals surface area contributed by atoms with E-state index in [0.29, 0.717) is 11.8 Å². The molecule has 0 radical (unpaired) electrons. The van der Waals surface area contributed by atoms with Crippen LogP contribution in [0.3, 0.4) is 0 Å². The molecule has 88 valence electrons. The fraction of sp³-hybridized carbons (Fsp3) is 0.929. The van der Waals surface area contributed by atoms with Gasteiger partial charge >= 0.3 is 0 Å². The molecule has 2 heteroatoms. The normalized spacial score (nSPS) is 48.7. The van der Waals surface area contributed by atoms with Gasteiger partial charge in [-0.25, -0.2) is 0 Å². The Morgan fingerprint density at radius 2 is 1.62 bits per heavy atom. The van der Waals surface area contributed by atoms with Crippen LogP contribution in [0, 0.1) is 34.5 Å². The van der Waals surface area contributed by atoms with Crippen LogP contribution in [0.2, 0.25) is 0 Å². The van der Waals surface area contributed by atoms with E-state index in [1.165, 1.54) is 38.5 Å². The molecule has 0 heterocycles. The van der Waals surface area contributed by atoms with E-state index < -0.39 is 0 Å². The summed E-state index contributed by atoms with van der Waals surface area (Å²) in [5.74, 6) is 2.77. The molecule has 0 aromatic rings. The van der Waals surface area contributed by atoms with Crippen LogP contribution in [0.15, 0.2) is 0 Å². The lowest BCUT2D eigenvalue weighted by Crippen LogP contribution is -2.61. The average Bonchev–Trinajstić information content (AvgIpc) is 2.14.